The van der Waals surface area contributed by atoms with Crippen LogP contribution in [0.5, 0.6) is 11.8 Å². The number of carbonyl (C=O) groups is 2. The van der Waals surface area contributed by atoms with Crippen molar-refractivity contribution < 1.29 is 28.5 Å². The highest BCUT2D eigenvalue weighted by Gasteiger charge is 2.37. The van der Waals surface area contributed by atoms with Crippen LogP contribution in [0.3, 0.4) is 0 Å². The minimum atomic E-state index is -0.443. The van der Waals surface area contributed by atoms with Gasteiger partial charge in [0.25, 0.3) is 5.91 Å². The highest BCUT2D eigenvalue weighted by atomic mass is 16.5. The number of fused-ring (bicyclic) bond motifs is 1. The topological polar surface area (TPSA) is 111 Å². The first-order chi connectivity index (χ1) is 27.6. The number of benzene rings is 4. The molecular weight excluding hydrogens is 705 g/mol. The molecule has 1 aliphatic carbocycles. The Balaban J connectivity index is 0.935. The Labute approximate surface area is 328 Å². The van der Waals surface area contributed by atoms with Gasteiger partial charge in [-0.1, -0.05) is 116 Å². The van der Waals surface area contributed by atoms with E-state index in [1.165, 1.54) is 12.8 Å². The monoisotopic (exact) mass is 752 g/mol. The minimum absolute atomic E-state index is 0.0714. The molecule has 2 N–H and O–H groups in total. The molecule has 1 aromatic heterocycles. The lowest BCUT2D eigenvalue weighted by Gasteiger charge is -2.33. The molecule has 3 heterocycles. The highest BCUT2D eigenvalue weighted by molar-refractivity contribution is 6.10. The summed E-state index contributed by atoms with van der Waals surface area (Å²) < 4.78 is 24.0. The largest absolute Gasteiger partial charge is 0.473 e. The number of carbonyl (C=O) groups excluding carboxylic acids is 2. The number of hydrogen-bond acceptors (Lipinski definition) is 8. The average Bonchev–Trinajstić information content (AvgIpc) is 4.01. The van der Waals surface area contributed by atoms with E-state index >= 15 is 0 Å². The van der Waals surface area contributed by atoms with Crippen LogP contribution in [0.4, 0.5) is 10.5 Å². The maximum absolute atomic E-state index is 14.2. The maximum Gasteiger partial charge on any atom is 0.407 e. The third-order valence-corrected chi connectivity index (χ3v) is 10.7. The van der Waals surface area contributed by atoms with Gasteiger partial charge in [-0.25, -0.2) is 4.79 Å². The van der Waals surface area contributed by atoms with Gasteiger partial charge in [0.2, 0.25) is 11.8 Å². The predicted molar refractivity (Wildman–Crippen MR) is 213 cm³/mol. The fourth-order valence-electron chi connectivity index (χ4n) is 7.47. The summed E-state index contributed by atoms with van der Waals surface area (Å²) in [5.41, 5.74) is 6.47. The van der Waals surface area contributed by atoms with Gasteiger partial charge in [0, 0.05) is 30.3 Å². The molecule has 3 atom stereocenters. The first kappa shape index (κ1) is 37.2. The molecule has 0 radical (unpaired) electrons. The SMILES string of the molecule is O=C(NC[C@H]1CC[C@@H](N[C@H](CC2CC2)c2cccc3c2CN(c2ccc(OCc4ccccc4)nc2OCc2ccccc2)C3=O)CO1)OCc1ccccc1. The van der Waals surface area contributed by atoms with Crippen LogP contribution in [0.2, 0.25) is 0 Å². The molecule has 0 unspecified atom stereocenters. The maximum atomic E-state index is 14.2. The summed E-state index contributed by atoms with van der Waals surface area (Å²) in [5, 5.41) is 6.79. The van der Waals surface area contributed by atoms with Crippen molar-refractivity contribution in [1.29, 1.82) is 0 Å². The van der Waals surface area contributed by atoms with Crippen molar-refractivity contribution in [2.24, 2.45) is 5.92 Å². The predicted octanol–water partition coefficient (Wildman–Crippen LogP) is 8.30. The number of anilines is 1. The standard InChI is InChI=1S/C46H48N4O6/c51-45-39-18-10-17-38(41(25-32-19-20-32)48-36-21-22-37(53-31-36)26-47-46(52)56-30-35-15-8-3-9-16-35)40(39)27-50(45)42-23-24-43(54-28-33-11-4-1-5-12-33)49-44(42)55-29-34-13-6-2-7-14-34/h1-18,23-24,32,36-37,41,48H,19-22,25-31H2,(H,47,52)/t36-,37-,41-/m1/s1. The Bertz CT molecular complexity index is 2070. The van der Waals surface area contributed by atoms with Crippen LogP contribution >= 0.6 is 0 Å². The van der Waals surface area contributed by atoms with Crippen molar-refractivity contribution in [2.75, 3.05) is 18.1 Å². The average molecular weight is 753 g/mol. The van der Waals surface area contributed by atoms with Crippen molar-refractivity contribution in [3.8, 4) is 11.8 Å². The molecule has 288 valence electrons. The quantitative estimate of drug-likeness (QED) is 0.104. The van der Waals surface area contributed by atoms with Gasteiger partial charge in [0.1, 0.15) is 25.5 Å². The van der Waals surface area contributed by atoms with Crippen LogP contribution in [0.25, 0.3) is 0 Å². The Hall–Kier alpha value is -5.71. The van der Waals surface area contributed by atoms with E-state index in [9.17, 15) is 9.59 Å². The van der Waals surface area contributed by atoms with Crippen LogP contribution in [0.15, 0.2) is 121 Å². The molecule has 8 rings (SSSR count). The molecule has 0 spiro atoms. The zero-order valence-corrected chi connectivity index (χ0v) is 31.5. The van der Waals surface area contributed by atoms with E-state index in [0.29, 0.717) is 61.8 Å². The van der Waals surface area contributed by atoms with E-state index in [1.807, 2.05) is 115 Å². The fraction of sp³-hybridized carbons (Fsp3) is 0.326. The number of rotatable bonds is 16. The smallest absolute Gasteiger partial charge is 0.407 e. The Kier molecular flexibility index (Phi) is 11.9. The van der Waals surface area contributed by atoms with Crippen LogP contribution < -0.4 is 25.0 Å². The molecule has 2 aliphatic heterocycles. The van der Waals surface area contributed by atoms with E-state index in [-0.39, 0.29) is 30.7 Å². The minimum Gasteiger partial charge on any atom is -0.473 e. The summed E-state index contributed by atoms with van der Waals surface area (Å²) in [4.78, 5) is 33.1. The summed E-state index contributed by atoms with van der Waals surface area (Å²) in [6.45, 7) is 2.26. The summed E-state index contributed by atoms with van der Waals surface area (Å²) in [6, 6.07) is 39.5. The second-order valence-corrected chi connectivity index (χ2v) is 14.9. The van der Waals surface area contributed by atoms with Gasteiger partial charge in [-0.15, -0.1) is 0 Å². The number of nitrogens with zero attached hydrogens (tertiary/aromatic N) is 2. The Morgan fingerprint density at radius 3 is 2.11 bits per heavy atom. The second-order valence-electron chi connectivity index (χ2n) is 14.9. The molecule has 2 amide bonds. The molecule has 0 bridgehead atoms. The molecule has 10 heteroatoms. The van der Waals surface area contributed by atoms with Crippen molar-refractivity contribution in [3.05, 3.63) is 155 Å². The summed E-state index contributed by atoms with van der Waals surface area (Å²) in [6.07, 6.45) is 4.66. The Morgan fingerprint density at radius 2 is 1.45 bits per heavy atom. The molecule has 56 heavy (non-hydrogen) atoms. The number of aromatic nitrogens is 1. The zero-order chi connectivity index (χ0) is 38.1. The fourth-order valence-corrected chi connectivity index (χ4v) is 7.47. The van der Waals surface area contributed by atoms with Crippen molar-refractivity contribution >= 4 is 17.7 Å². The molecule has 3 aliphatic rings. The molecule has 1 saturated heterocycles. The van der Waals surface area contributed by atoms with Crippen molar-refractivity contribution in [2.45, 2.75) is 76.7 Å². The number of hydrogen-bond donors (Lipinski definition) is 2. The van der Waals surface area contributed by atoms with Crippen molar-refractivity contribution in [1.82, 2.24) is 15.6 Å². The van der Waals surface area contributed by atoms with Gasteiger partial charge in [-0.3, -0.25) is 9.69 Å². The lowest BCUT2D eigenvalue weighted by atomic mass is 9.92. The van der Waals surface area contributed by atoms with Gasteiger partial charge in [0.15, 0.2) is 0 Å². The third kappa shape index (κ3) is 9.56. The van der Waals surface area contributed by atoms with Gasteiger partial charge in [-0.2, -0.15) is 4.98 Å². The molecule has 5 aromatic rings. The van der Waals surface area contributed by atoms with Gasteiger partial charge in [-0.05, 0) is 65.1 Å². The highest BCUT2D eigenvalue weighted by Crippen LogP contribution is 2.42. The zero-order valence-electron chi connectivity index (χ0n) is 31.5. The van der Waals surface area contributed by atoms with Gasteiger partial charge < -0.3 is 29.6 Å². The van der Waals surface area contributed by atoms with E-state index < -0.39 is 6.09 Å². The van der Waals surface area contributed by atoms with E-state index in [4.69, 9.17) is 23.9 Å². The van der Waals surface area contributed by atoms with Crippen molar-refractivity contribution in [3.63, 3.8) is 0 Å². The molecule has 2 fully saturated rings. The number of pyridine rings is 1. The lowest BCUT2D eigenvalue weighted by Crippen LogP contribution is -2.45. The van der Waals surface area contributed by atoms with Crippen LogP contribution in [0.1, 0.15) is 76.3 Å². The summed E-state index contributed by atoms with van der Waals surface area (Å²) in [5.74, 6) is 1.36. The molecule has 1 saturated carbocycles. The molecule has 4 aromatic carbocycles. The van der Waals surface area contributed by atoms with Crippen LogP contribution in [-0.4, -0.2) is 42.3 Å². The number of nitrogens with one attached hydrogen (secondary N) is 2. The number of amides is 2. The summed E-state index contributed by atoms with van der Waals surface area (Å²) in [7, 11) is 0. The first-order valence-electron chi connectivity index (χ1n) is 19.7. The van der Waals surface area contributed by atoms with E-state index in [1.54, 1.807) is 4.90 Å². The first-order valence-corrected chi connectivity index (χ1v) is 19.7. The number of alkyl carbamates (subject to hydrolysis) is 1. The second kappa shape index (κ2) is 17.8. The van der Waals surface area contributed by atoms with E-state index in [0.717, 1.165) is 47.1 Å². The van der Waals surface area contributed by atoms with Crippen LogP contribution in [0, 0.1) is 5.92 Å². The van der Waals surface area contributed by atoms with Gasteiger partial charge >= 0.3 is 6.09 Å². The summed E-state index contributed by atoms with van der Waals surface area (Å²) >= 11 is 0. The lowest BCUT2D eigenvalue weighted by molar-refractivity contribution is -0.00468. The third-order valence-electron chi connectivity index (χ3n) is 10.7. The molecule has 10 nitrogen and oxygen atoms in total. The van der Waals surface area contributed by atoms with E-state index in [2.05, 4.69) is 16.7 Å². The molecular formula is C46H48N4O6. The number of ether oxygens (including phenoxy) is 4. The van der Waals surface area contributed by atoms with Crippen LogP contribution in [-0.2, 0) is 35.8 Å². The van der Waals surface area contributed by atoms with Gasteiger partial charge in [0.05, 0.1) is 19.3 Å². The normalized spacial score (nSPS) is 18.2. The Morgan fingerprint density at radius 1 is 0.768 bits per heavy atom.